The van der Waals surface area contributed by atoms with Gasteiger partial charge in [0.2, 0.25) is 5.91 Å². The third kappa shape index (κ3) is 5.25. The number of aromatic nitrogens is 3. The third-order valence-electron chi connectivity index (χ3n) is 5.35. The summed E-state index contributed by atoms with van der Waals surface area (Å²) >= 11 is 0. The number of fused-ring (bicyclic) bond motifs is 1. The molecule has 0 aliphatic carbocycles. The highest BCUT2D eigenvalue weighted by Gasteiger charge is 2.32. The van der Waals surface area contributed by atoms with Gasteiger partial charge in [-0.15, -0.1) is 0 Å². The van der Waals surface area contributed by atoms with Crippen LogP contribution in [0.1, 0.15) is 41.4 Å². The number of hydrogen-bond donors (Lipinski definition) is 2. The average Bonchev–Trinajstić information content (AvgIpc) is 3.19. The third-order valence-corrected chi connectivity index (χ3v) is 5.35. The van der Waals surface area contributed by atoms with E-state index in [4.69, 9.17) is 0 Å². The van der Waals surface area contributed by atoms with Crippen LogP contribution in [-0.2, 0) is 11.0 Å². The number of nitrogens with one attached hydrogen (secondary N) is 2. The predicted octanol–water partition coefficient (Wildman–Crippen LogP) is 5.28. The van der Waals surface area contributed by atoms with Gasteiger partial charge in [0.05, 0.1) is 34.6 Å². The molecule has 37 heavy (non-hydrogen) atoms. The molecule has 0 aliphatic rings. The summed E-state index contributed by atoms with van der Waals surface area (Å²) in [5.74, 6) is -4.68. The normalized spacial score (nSPS) is 12.4. The molecule has 2 heterocycles. The SMILES string of the molecule is CC(=O)Nc1cn2nc(-c3c(F)ccc(C(=O)N[C@H](C)c4cc(C(F)(F)F)ccc4F)c3F)ccc2n1. The number of imidazole rings is 1. The van der Waals surface area contributed by atoms with Gasteiger partial charge in [0.15, 0.2) is 11.5 Å². The summed E-state index contributed by atoms with van der Waals surface area (Å²) in [6.07, 6.45) is -3.42. The van der Waals surface area contributed by atoms with Crippen LogP contribution in [0.25, 0.3) is 16.9 Å². The zero-order valence-corrected chi connectivity index (χ0v) is 19.1. The van der Waals surface area contributed by atoms with E-state index in [2.05, 4.69) is 20.7 Å². The quantitative estimate of drug-likeness (QED) is 0.350. The van der Waals surface area contributed by atoms with Crippen LogP contribution >= 0.6 is 0 Å². The average molecular weight is 521 g/mol. The Morgan fingerprint density at radius 3 is 2.38 bits per heavy atom. The molecule has 0 fully saturated rings. The van der Waals surface area contributed by atoms with Crippen molar-refractivity contribution in [2.45, 2.75) is 26.1 Å². The monoisotopic (exact) mass is 521 g/mol. The topological polar surface area (TPSA) is 88.4 Å². The summed E-state index contributed by atoms with van der Waals surface area (Å²) < 4.78 is 84.4. The highest BCUT2D eigenvalue weighted by Crippen LogP contribution is 2.32. The Bertz CT molecular complexity index is 1530. The molecule has 1 atom stereocenters. The van der Waals surface area contributed by atoms with Crippen molar-refractivity contribution in [3.63, 3.8) is 0 Å². The Morgan fingerprint density at radius 2 is 1.70 bits per heavy atom. The molecule has 0 bridgehead atoms. The van der Waals surface area contributed by atoms with Crippen molar-refractivity contribution >= 4 is 23.3 Å². The maximum atomic E-state index is 15.4. The van der Waals surface area contributed by atoms with E-state index in [1.54, 1.807) is 0 Å². The van der Waals surface area contributed by atoms with Gasteiger partial charge in [-0.3, -0.25) is 9.59 Å². The zero-order chi connectivity index (χ0) is 27.1. The van der Waals surface area contributed by atoms with E-state index >= 15 is 4.39 Å². The van der Waals surface area contributed by atoms with Crippen molar-refractivity contribution in [2.75, 3.05) is 5.32 Å². The van der Waals surface area contributed by atoms with Gasteiger partial charge in [-0.2, -0.15) is 18.3 Å². The molecule has 0 aliphatic heterocycles. The molecular formula is C24H17F6N5O2. The van der Waals surface area contributed by atoms with E-state index in [-0.39, 0.29) is 17.2 Å². The van der Waals surface area contributed by atoms with Crippen LogP contribution in [0.2, 0.25) is 0 Å². The summed E-state index contributed by atoms with van der Waals surface area (Å²) in [7, 11) is 0. The fourth-order valence-corrected chi connectivity index (χ4v) is 3.62. The molecular weight excluding hydrogens is 504 g/mol. The van der Waals surface area contributed by atoms with Gasteiger partial charge in [0, 0.05) is 12.5 Å². The largest absolute Gasteiger partial charge is 0.416 e. The first-order chi connectivity index (χ1) is 17.3. The summed E-state index contributed by atoms with van der Waals surface area (Å²) in [4.78, 5) is 28.1. The van der Waals surface area contributed by atoms with Crippen LogP contribution in [0.5, 0.6) is 0 Å². The van der Waals surface area contributed by atoms with Gasteiger partial charge in [-0.05, 0) is 49.4 Å². The van der Waals surface area contributed by atoms with Crippen molar-refractivity contribution in [1.29, 1.82) is 0 Å². The lowest BCUT2D eigenvalue weighted by Crippen LogP contribution is -2.28. The summed E-state index contributed by atoms with van der Waals surface area (Å²) in [6, 6.07) is 4.76. The molecule has 7 nitrogen and oxygen atoms in total. The molecule has 2 amide bonds. The Balaban J connectivity index is 1.65. The Hall–Kier alpha value is -4.42. The number of rotatable bonds is 5. The molecule has 4 rings (SSSR count). The molecule has 2 aromatic carbocycles. The van der Waals surface area contributed by atoms with Gasteiger partial charge in [-0.1, -0.05) is 0 Å². The van der Waals surface area contributed by atoms with Crippen molar-refractivity contribution in [3.05, 3.63) is 82.8 Å². The van der Waals surface area contributed by atoms with E-state index in [9.17, 15) is 31.5 Å². The van der Waals surface area contributed by atoms with Crippen LogP contribution in [0.15, 0.2) is 48.7 Å². The van der Waals surface area contributed by atoms with E-state index in [0.717, 1.165) is 12.1 Å². The Labute approximate surface area is 205 Å². The van der Waals surface area contributed by atoms with Crippen LogP contribution in [-0.4, -0.2) is 26.4 Å². The lowest BCUT2D eigenvalue weighted by atomic mass is 10.0. The molecule has 192 valence electrons. The second-order valence-corrected chi connectivity index (χ2v) is 8.04. The summed E-state index contributed by atoms with van der Waals surface area (Å²) in [6.45, 7) is 2.49. The van der Waals surface area contributed by atoms with Crippen LogP contribution in [0.3, 0.4) is 0 Å². The maximum Gasteiger partial charge on any atom is 0.416 e. The predicted molar refractivity (Wildman–Crippen MR) is 120 cm³/mol. The first kappa shape index (κ1) is 25.7. The fraction of sp³-hybridized carbons (Fsp3) is 0.167. The second-order valence-electron chi connectivity index (χ2n) is 8.04. The van der Waals surface area contributed by atoms with Gasteiger partial charge >= 0.3 is 6.18 Å². The number of nitrogens with zero attached hydrogens (tertiary/aromatic N) is 3. The second kappa shape index (κ2) is 9.56. The van der Waals surface area contributed by atoms with E-state index in [1.807, 2.05) is 0 Å². The van der Waals surface area contributed by atoms with Crippen LogP contribution in [0, 0.1) is 17.5 Å². The number of amides is 2. The highest BCUT2D eigenvalue weighted by atomic mass is 19.4. The first-order valence-corrected chi connectivity index (χ1v) is 10.6. The molecule has 13 heteroatoms. The number of benzene rings is 2. The maximum absolute atomic E-state index is 15.4. The molecule has 0 radical (unpaired) electrons. The molecule has 0 saturated heterocycles. The van der Waals surface area contributed by atoms with E-state index < -0.39 is 63.7 Å². The van der Waals surface area contributed by atoms with E-state index in [1.165, 1.54) is 36.7 Å². The van der Waals surface area contributed by atoms with Crippen molar-refractivity contribution in [1.82, 2.24) is 19.9 Å². The highest BCUT2D eigenvalue weighted by molar-refractivity contribution is 5.96. The number of anilines is 1. The number of alkyl halides is 3. The lowest BCUT2D eigenvalue weighted by Gasteiger charge is -2.18. The number of halogens is 6. The Morgan fingerprint density at radius 1 is 1.00 bits per heavy atom. The van der Waals surface area contributed by atoms with Gasteiger partial charge in [0.1, 0.15) is 17.5 Å². The van der Waals surface area contributed by atoms with Crippen molar-refractivity contribution < 1.29 is 35.9 Å². The van der Waals surface area contributed by atoms with Crippen molar-refractivity contribution in [2.24, 2.45) is 0 Å². The fourth-order valence-electron chi connectivity index (χ4n) is 3.62. The van der Waals surface area contributed by atoms with Crippen molar-refractivity contribution in [3.8, 4) is 11.3 Å². The van der Waals surface area contributed by atoms with E-state index in [0.29, 0.717) is 18.2 Å². The number of hydrogen-bond acceptors (Lipinski definition) is 4. The molecule has 0 spiro atoms. The number of carbonyl (C=O) groups excluding carboxylic acids is 2. The zero-order valence-electron chi connectivity index (χ0n) is 19.1. The lowest BCUT2D eigenvalue weighted by molar-refractivity contribution is -0.137. The van der Waals surface area contributed by atoms with Gasteiger partial charge < -0.3 is 10.6 Å². The minimum absolute atomic E-state index is 0.155. The number of carbonyl (C=O) groups is 2. The first-order valence-electron chi connectivity index (χ1n) is 10.6. The molecule has 0 saturated carbocycles. The molecule has 0 unspecified atom stereocenters. The van der Waals surface area contributed by atoms with Crippen LogP contribution < -0.4 is 10.6 Å². The van der Waals surface area contributed by atoms with Gasteiger partial charge in [-0.25, -0.2) is 22.7 Å². The smallest absolute Gasteiger partial charge is 0.345 e. The minimum Gasteiger partial charge on any atom is -0.345 e. The Kier molecular flexibility index (Phi) is 6.63. The standard InChI is InChI=1S/C24H17F6N5O2/c1-11(15-9-13(24(28,29)30)3-5-16(15)25)31-23(37)14-4-6-17(26)21(22(14)27)18-7-8-20-33-19(32-12(2)36)10-35(20)34-18/h3-11H,1-2H3,(H,31,37)(H,32,36)/t11-/m1/s1. The summed E-state index contributed by atoms with van der Waals surface area (Å²) in [5.41, 5.74) is -2.82. The van der Waals surface area contributed by atoms with Gasteiger partial charge in [0.25, 0.3) is 5.91 Å². The van der Waals surface area contributed by atoms with Crippen LogP contribution in [0.4, 0.5) is 32.2 Å². The molecule has 2 N–H and O–H groups in total. The summed E-state index contributed by atoms with van der Waals surface area (Å²) in [5, 5.41) is 8.77. The molecule has 4 aromatic rings. The molecule has 2 aromatic heterocycles. The minimum atomic E-state index is -4.74.